The number of carboxylic acids is 1. The Morgan fingerprint density at radius 3 is 2.57 bits per heavy atom. The van der Waals surface area contributed by atoms with Crippen molar-refractivity contribution in [3.05, 3.63) is 70.3 Å². The number of aliphatic hydroxyl groups is 2. The van der Waals surface area contributed by atoms with Gasteiger partial charge in [-0.3, -0.25) is 14.4 Å². The number of aromatic nitrogens is 2. The molecule has 0 fully saturated rings. The van der Waals surface area contributed by atoms with Crippen LogP contribution in [0.1, 0.15) is 29.6 Å². The molecule has 0 bridgehead atoms. The van der Waals surface area contributed by atoms with Gasteiger partial charge in [0.2, 0.25) is 0 Å². The zero-order valence-corrected chi connectivity index (χ0v) is 18.5. The van der Waals surface area contributed by atoms with Crippen LogP contribution in [0, 0.1) is 5.82 Å². The molecule has 2 aromatic carbocycles. The SMILES string of the molecule is O=C(O)CC(O)CC(O)CCNC(=O)c1ccc2[nH]c(-c3cc4c(F)cccc4[nH]c3=O)cc2c1. The summed E-state index contributed by atoms with van der Waals surface area (Å²) < 4.78 is 14.2. The molecule has 182 valence electrons. The molecule has 0 spiro atoms. The number of carbonyl (C=O) groups excluding carboxylic acids is 1. The Morgan fingerprint density at radius 1 is 1.00 bits per heavy atom. The largest absolute Gasteiger partial charge is 0.481 e. The van der Waals surface area contributed by atoms with E-state index in [1.807, 2.05) is 0 Å². The van der Waals surface area contributed by atoms with E-state index in [2.05, 4.69) is 15.3 Å². The van der Waals surface area contributed by atoms with Gasteiger partial charge in [0.1, 0.15) is 5.82 Å². The lowest BCUT2D eigenvalue weighted by atomic mass is 10.1. The van der Waals surface area contributed by atoms with Gasteiger partial charge in [0.25, 0.3) is 11.5 Å². The van der Waals surface area contributed by atoms with E-state index in [1.165, 1.54) is 18.2 Å². The molecule has 4 aromatic rings. The number of hydrogen-bond donors (Lipinski definition) is 6. The summed E-state index contributed by atoms with van der Waals surface area (Å²) in [6, 6.07) is 12.6. The first kappa shape index (κ1) is 24.1. The highest BCUT2D eigenvalue weighted by atomic mass is 19.1. The van der Waals surface area contributed by atoms with Gasteiger partial charge in [0.15, 0.2) is 0 Å². The number of aromatic amines is 2. The zero-order chi connectivity index (χ0) is 25.1. The summed E-state index contributed by atoms with van der Waals surface area (Å²) in [5, 5.41) is 31.8. The third-order valence-corrected chi connectivity index (χ3v) is 5.73. The van der Waals surface area contributed by atoms with Crippen LogP contribution in [0.4, 0.5) is 4.39 Å². The van der Waals surface area contributed by atoms with Crippen molar-refractivity contribution in [2.75, 3.05) is 6.54 Å². The average molecular weight is 481 g/mol. The van der Waals surface area contributed by atoms with E-state index >= 15 is 0 Å². The van der Waals surface area contributed by atoms with Crippen LogP contribution in [-0.4, -0.2) is 55.9 Å². The fraction of sp³-hybridized carbons (Fsp3) is 0.240. The fourth-order valence-corrected chi connectivity index (χ4v) is 3.98. The van der Waals surface area contributed by atoms with Crippen LogP contribution in [0.5, 0.6) is 0 Å². The lowest BCUT2D eigenvalue weighted by Gasteiger charge is -2.14. The molecular weight excluding hydrogens is 457 g/mol. The number of nitrogens with one attached hydrogen (secondary N) is 3. The van der Waals surface area contributed by atoms with Crippen molar-refractivity contribution in [3.8, 4) is 11.3 Å². The Balaban J connectivity index is 1.45. The predicted octanol–water partition coefficient (Wildman–Crippen LogP) is 2.52. The third kappa shape index (κ3) is 5.56. The van der Waals surface area contributed by atoms with Gasteiger partial charge < -0.3 is 30.6 Å². The van der Waals surface area contributed by atoms with Crippen LogP contribution < -0.4 is 10.9 Å². The number of halogens is 1. The number of amides is 1. The van der Waals surface area contributed by atoms with Crippen molar-refractivity contribution in [2.45, 2.75) is 31.5 Å². The Bertz CT molecular complexity index is 1460. The number of pyridine rings is 1. The Labute approximate surface area is 198 Å². The van der Waals surface area contributed by atoms with Crippen LogP contribution in [0.25, 0.3) is 33.1 Å². The molecule has 0 aliphatic heterocycles. The summed E-state index contributed by atoms with van der Waals surface area (Å²) in [4.78, 5) is 41.5. The van der Waals surface area contributed by atoms with E-state index in [-0.39, 0.29) is 36.4 Å². The van der Waals surface area contributed by atoms with E-state index in [0.717, 1.165) is 0 Å². The van der Waals surface area contributed by atoms with Crippen LogP contribution in [-0.2, 0) is 4.79 Å². The Hall–Kier alpha value is -4.02. The molecule has 0 aliphatic carbocycles. The maximum absolute atomic E-state index is 14.2. The Morgan fingerprint density at radius 2 is 1.80 bits per heavy atom. The van der Waals surface area contributed by atoms with Crippen molar-refractivity contribution in [2.24, 2.45) is 0 Å². The van der Waals surface area contributed by atoms with Crippen LogP contribution in [0.15, 0.2) is 53.3 Å². The standard InChI is InChI=1S/C25H24FN3O6/c26-19-2-1-3-21-17(19)12-18(25(35)29-21)22-9-14-8-13(4-5-20(14)28-22)24(34)27-7-6-15(30)10-16(31)11-23(32)33/h1-5,8-9,12,15-16,28,30-31H,6-7,10-11H2,(H,27,34)(H,29,35)(H,32,33). The molecule has 4 rings (SSSR count). The first-order chi connectivity index (χ1) is 16.7. The van der Waals surface area contributed by atoms with Crippen LogP contribution in [0.3, 0.4) is 0 Å². The van der Waals surface area contributed by atoms with Crippen molar-refractivity contribution in [3.63, 3.8) is 0 Å². The number of aliphatic hydroxyl groups excluding tert-OH is 2. The highest BCUT2D eigenvalue weighted by molar-refractivity contribution is 5.99. The minimum Gasteiger partial charge on any atom is -0.481 e. The third-order valence-electron chi connectivity index (χ3n) is 5.73. The quantitative estimate of drug-likeness (QED) is 0.216. The molecule has 0 radical (unpaired) electrons. The first-order valence-corrected chi connectivity index (χ1v) is 11.0. The van der Waals surface area contributed by atoms with Gasteiger partial charge >= 0.3 is 5.97 Å². The number of benzene rings is 2. The molecule has 1 amide bonds. The molecule has 35 heavy (non-hydrogen) atoms. The predicted molar refractivity (Wildman–Crippen MR) is 128 cm³/mol. The second kappa shape index (κ2) is 10.1. The van der Waals surface area contributed by atoms with Gasteiger partial charge in [-0.15, -0.1) is 0 Å². The van der Waals surface area contributed by atoms with Gasteiger partial charge in [-0.05, 0) is 55.3 Å². The molecule has 0 aliphatic rings. The summed E-state index contributed by atoms with van der Waals surface area (Å²) in [6.07, 6.45) is -2.51. The molecule has 2 heterocycles. The smallest absolute Gasteiger partial charge is 0.305 e. The maximum atomic E-state index is 14.2. The minimum absolute atomic E-state index is 0.0991. The van der Waals surface area contributed by atoms with Crippen LogP contribution in [0.2, 0.25) is 0 Å². The fourth-order valence-electron chi connectivity index (χ4n) is 3.98. The molecule has 0 saturated carbocycles. The van der Waals surface area contributed by atoms with E-state index in [0.29, 0.717) is 33.1 Å². The number of carboxylic acid groups (broad SMARTS) is 1. The summed E-state index contributed by atoms with van der Waals surface area (Å²) in [7, 11) is 0. The van der Waals surface area contributed by atoms with Crippen molar-refractivity contribution >= 4 is 33.7 Å². The van der Waals surface area contributed by atoms with E-state index < -0.39 is 30.4 Å². The topological polar surface area (TPSA) is 156 Å². The van der Waals surface area contributed by atoms with Crippen molar-refractivity contribution < 1.29 is 29.3 Å². The van der Waals surface area contributed by atoms with Gasteiger partial charge in [0.05, 0.1) is 35.4 Å². The van der Waals surface area contributed by atoms with Crippen molar-refractivity contribution in [1.82, 2.24) is 15.3 Å². The Kier molecular flexibility index (Phi) is 6.94. The second-order valence-electron chi connectivity index (χ2n) is 8.38. The van der Waals surface area contributed by atoms with E-state index in [4.69, 9.17) is 5.11 Å². The highest BCUT2D eigenvalue weighted by Crippen LogP contribution is 2.25. The molecule has 2 unspecified atom stereocenters. The second-order valence-corrected chi connectivity index (χ2v) is 8.38. The molecule has 10 heteroatoms. The highest BCUT2D eigenvalue weighted by Gasteiger charge is 2.16. The van der Waals surface area contributed by atoms with Crippen LogP contribution >= 0.6 is 0 Å². The number of hydrogen-bond acceptors (Lipinski definition) is 5. The monoisotopic (exact) mass is 481 g/mol. The molecular formula is C25H24FN3O6. The maximum Gasteiger partial charge on any atom is 0.305 e. The van der Waals surface area contributed by atoms with E-state index in [1.54, 1.807) is 30.3 Å². The lowest BCUT2D eigenvalue weighted by molar-refractivity contribution is -0.139. The average Bonchev–Trinajstić information content (AvgIpc) is 3.21. The summed E-state index contributed by atoms with van der Waals surface area (Å²) in [5.74, 6) is -1.98. The lowest BCUT2D eigenvalue weighted by Crippen LogP contribution is -2.29. The number of rotatable bonds is 9. The van der Waals surface area contributed by atoms with Gasteiger partial charge in [-0.25, -0.2) is 4.39 Å². The minimum atomic E-state index is -1.16. The molecule has 0 saturated heterocycles. The van der Waals surface area contributed by atoms with Gasteiger partial charge in [-0.1, -0.05) is 6.07 Å². The number of carbonyl (C=O) groups is 2. The van der Waals surface area contributed by atoms with Gasteiger partial charge in [-0.2, -0.15) is 0 Å². The summed E-state index contributed by atoms with van der Waals surface area (Å²) in [5.41, 5.74) is 1.82. The zero-order valence-electron chi connectivity index (χ0n) is 18.5. The summed E-state index contributed by atoms with van der Waals surface area (Å²) >= 11 is 0. The molecule has 6 N–H and O–H groups in total. The van der Waals surface area contributed by atoms with Crippen molar-refractivity contribution in [1.29, 1.82) is 0 Å². The number of fused-ring (bicyclic) bond motifs is 2. The summed E-state index contributed by atoms with van der Waals surface area (Å²) in [6.45, 7) is 0.133. The normalized spacial score (nSPS) is 13.1. The molecule has 2 atom stereocenters. The van der Waals surface area contributed by atoms with E-state index in [9.17, 15) is 29.0 Å². The molecule has 2 aromatic heterocycles. The number of aliphatic carboxylic acids is 1. The number of H-pyrrole nitrogens is 2. The first-order valence-electron chi connectivity index (χ1n) is 11.0. The molecule has 9 nitrogen and oxygen atoms in total. The van der Waals surface area contributed by atoms with Gasteiger partial charge in [0, 0.05) is 28.4 Å².